The maximum Gasteiger partial charge on any atom is 0.128 e. The first kappa shape index (κ1) is 15.0. The molecular formula is C16H24FN3. The van der Waals surface area contributed by atoms with Crippen molar-refractivity contribution in [1.29, 1.82) is 5.41 Å². The van der Waals surface area contributed by atoms with Gasteiger partial charge in [0.05, 0.1) is 0 Å². The van der Waals surface area contributed by atoms with E-state index in [0.29, 0.717) is 17.9 Å². The van der Waals surface area contributed by atoms with E-state index in [0.717, 1.165) is 30.8 Å². The fourth-order valence-corrected chi connectivity index (χ4v) is 2.90. The lowest BCUT2D eigenvalue weighted by Crippen LogP contribution is -2.42. The van der Waals surface area contributed by atoms with E-state index in [1.54, 1.807) is 6.07 Å². The smallest absolute Gasteiger partial charge is 0.128 e. The Bertz CT molecular complexity index is 488. The van der Waals surface area contributed by atoms with Crippen LogP contribution >= 0.6 is 0 Å². The lowest BCUT2D eigenvalue weighted by molar-refractivity contribution is 0.162. The summed E-state index contributed by atoms with van der Waals surface area (Å²) in [5.74, 6) is 0.188. The van der Waals surface area contributed by atoms with Crippen LogP contribution in [0.5, 0.6) is 0 Å². The van der Waals surface area contributed by atoms with Gasteiger partial charge in [-0.05, 0) is 45.4 Å². The van der Waals surface area contributed by atoms with Crippen LogP contribution in [0, 0.1) is 11.2 Å². The van der Waals surface area contributed by atoms with Crippen LogP contribution in [0.25, 0.3) is 0 Å². The molecule has 1 aromatic carbocycles. The lowest BCUT2D eigenvalue weighted by Gasteiger charge is -2.32. The van der Waals surface area contributed by atoms with Gasteiger partial charge in [-0.1, -0.05) is 6.07 Å². The molecule has 1 aliphatic heterocycles. The average molecular weight is 277 g/mol. The Hall–Kier alpha value is -1.42. The largest absolute Gasteiger partial charge is 0.351 e. The number of benzene rings is 1. The van der Waals surface area contributed by atoms with Crippen LogP contribution in [0.1, 0.15) is 38.8 Å². The van der Waals surface area contributed by atoms with Crippen molar-refractivity contribution < 1.29 is 4.39 Å². The second-order valence-corrected chi connectivity index (χ2v) is 6.00. The third-order valence-corrected chi connectivity index (χ3v) is 3.96. The van der Waals surface area contributed by atoms with Gasteiger partial charge < -0.3 is 4.90 Å². The first-order valence-corrected chi connectivity index (χ1v) is 7.28. The molecule has 1 heterocycles. The van der Waals surface area contributed by atoms with Crippen molar-refractivity contribution in [3.05, 3.63) is 35.1 Å². The van der Waals surface area contributed by atoms with Gasteiger partial charge in [-0.2, -0.15) is 0 Å². The summed E-state index contributed by atoms with van der Waals surface area (Å²) in [5.41, 5.74) is 1.79. The number of nitrogens with zero attached hydrogens (tertiary/aromatic N) is 2. The summed E-state index contributed by atoms with van der Waals surface area (Å²) in [5, 5.41) is 8.18. The first-order valence-electron chi connectivity index (χ1n) is 7.28. The third kappa shape index (κ3) is 3.01. The fraction of sp³-hybridized carbons (Fsp3) is 0.562. The molecule has 0 amide bonds. The zero-order valence-electron chi connectivity index (χ0n) is 12.8. The molecule has 0 bridgehead atoms. The van der Waals surface area contributed by atoms with Crippen LogP contribution in [-0.2, 0) is 6.54 Å². The number of fused-ring (bicyclic) bond motifs is 1. The minimum absolute atomic E-state index is 0.263. The molecule has 1 aliphatic rings. The van der Waals surface area contributed by atoms with E-state index < -0.39 is 0 Å². The molecule has 3 nitrogen and oxygen atoms in total. The summed E-state index contributed by atoms with van der Waals surface area (Å²) in [7, 11) is 0. The molecule has 0 spiro atoms. The molecule has 0 atom stereocenters. The minimum atomic E-state index is -0.263. The maximum absolute atomic E-state index is 13.3. The molecule has 0 fully saturated rings. The zero-order valence-corrected chi connectivity index (χ0v) is 12.8. The highest BCUT2D eigenvalue weighted by Crippen LogP contribution is 2.23. The SMILES string of the molecule is CC(C)N(CCN1Cc2ccc(F)cc2C1=N)C(C)C. The molecule has 0 aliphatic carbocycles. The van der Waals surface area contributed by atoms with Gasteiger partial charge in [0.15, 0.2) is 0 Å². The Morgan fingerprint density at radius 3 is 2.50 bits per heavy atom. The zero-order chi connectivity index (χ0) is 14.9. The molecule has 1 N–H and O–H groups in total. The molecule has 110 valence electrons. The van der Waals surface area contributed by atoms with E-state index in [1.165, 1.54) is 12.1 Å². The number of nitrogens with one attached hydrogen (secondary N) is 1. The monoisotopic (exact) mass is 277 g/mol. The Morgan fingerprint density at radius 2 is 1.90 bits per heavy atom. The van der Waals surface area contributed by atoms with Gasteiger partial charge in [-0.15, -0.1) is 0 Å². The standard InChI is InChI=1S/C16H24FN3/c1-11(2)20(12(3)4)8-7-19-10-13-5-6-14(17)9-15(13)16(19)18/h5-6,9,11-12,18H,7-8,10H2,1-4H3. The lowest BCUT2D eigenvalue weighted by atomic mass is 10.1. The number of rotatable bonds is 5. The van der Waals surface area contributed by atoms with Crippen molar-refractivity contribution in [1.82, 2.24) is 9.80 Å². The van der Waals surface area contributed by atoms with Crippen molar-refractivity contribution in [2.24, 2.45) is 0 Å². The Morgan fingerprint density at radius 1 is 1.25 bits per heavy atom. The van der Waals surface area contributed by atoms with Crippen LogP contribution in [0.15, 0.2) is 18.2 Å². The second-order valence-electron chi connectivity index (χ2n) is 6.00. The summed E-state index contributed by atoms with van der Waals surface area (Å²) in [4.78, 5) is 4.44. The Balaban J connectivity index is 2.01. The van der Waals surface area contributed by atoms with Gasteiger partial charge in [0, 0.05) is 37.3 Å². The third-order valence-electron chi connectivity index (χ3n) is 3.96. The predicted molar refractivity (Wildman–Crippen MR) is 80.6 cm³/mol. The normalized spacial score (nSPS) is 14.8. The summed E-state index contributed by atoms with van der Waals surface area (Å²) < 4.78 is 13.3. The fourth-order valence-electron chi connectivity index (χ4n) is 2.90. The molecule has 1 aromatic rings. The molecule has 0 radical (unpaired) electrons. The number of amidine groups is 1. The average Bonchev–Trinajstić information content (AvgIpc) is 2.66. The molecular weight excluding hydrogens is 253 g/mol. The van der Waals surface area contributed by atoms with E-state index in [-0.39, 0.29) is 5.82 Å². The number of hydrogen-bond donors (Lipinski definition) is 1. The molecule has 0 saturated heterocycles. The number of hydrogen-bond acceptors (Lipinski definition) is 2. The van der Waals surface area contributed by atoms with Crippen molar-refractivity contribution in [3.8, 4) is 0 Å². The van der Waals surface area contributed by atoms with Gasteiger partial charge >= 0.3 is 0 Å². The first-order chi connectivity index (χ1) is 9.40. The van der Waals surface area contributed by atoms with E-state index in [2.05, 4.69) is 32.6 Å². The highest BCUT2D eigenvalue weighted by Gasteiger charge is 2.25. The highest BCUT2D eigenvalue weighted by molar-refractivity contribution is 6.00. The van der Waals surface area contributed by atoms with Crippen LogP contribution in [0.2, 0.25) is 0 Å². The van der Waals surface area contributed by atoms with Crippen LogP contribution in [0.3, 0.4) is 0 Å². The van der Waals surface area contributed by atoms with Gasteiger partial charge in [0.25, 0.3) is 0 Å². The number of halogens is 1. The maximum atomic E-state index is 13.3. The molecule has 20 heavy (non-hydrogen) atoms. The highest BCUT2D eigenvalue weighted by atomic mass is 19.1. The van der Waals surface area contributed by atoms with Crippen LogP contribution in [-0.4, -0.2) is 40.8 Å². The van der Waals surface area contributed by atoms with Gasteiger partial charge in [0.1, 0.15) is 11.7 Å². The molecule has 2 rings (SSSR count). The molecule has 0 aromatic heterocycles. The summed E-state index contributed by atoms with van der Waals surface area (Å²) in [6, 6.07) is 5.73. The van der Waals surface area contributed by atoms with E-state index >= 15 is 0 Å². The van der Waals surface area contributed by atoms with Gasteiger partial charge in [-0.3, -0.25) is 10.3 Å². The molecule has 0 unspecified atom stereocenters. The van der Waals surface area contributed by atoms with Crippen molar-refractivity contribution >= 4 is 5.84 Å². The topological polar surface area (TPSA) is 30.3 Å². The summed E-state index contributed by atoms with van der Waals surface area (Å²) >= 11 is 0. The van der Waals surface area contributed by atoms with E-state index in [4.69, 9.17) is 5.41 Å². The van der Waals surface area contributed by atoms with Crippen molar-refractivity contribution in [3.63, 3.8) is 0 Å². The predicted octanol–water partition coefficient (Wildman–Crippen LogP) is 3.09. The molecule has 0 saturated carbocycles. The van der Waals surface area contributed by atoms with Gasteiger partial charge in [0.2, 0.25) is 0 Å². The molecule has 4 heteroatoms. The summed E-state index contributed by atoms with van der Waals surface area (Å²) in [6.07, 6.45) is 0. The van der Waals surface area contributed by atoms with Gasteiger partial charge in [-0.25, -0.2) is 4.39 Å². The Labute approximate surface area is 120 Å². The van der Waals surface area contributed by atoms with E-state index in [9.17, 15) is 4.39 Å². The van der Waals surface area contributed by atoms with E-state index in [1.807, 2.05) is 4.90 Å². The minimum Gasteiger partial charge on any atom is -0.351 e. The summed E-state index contributed by atoms with van der Waals surface area (Å²) in [6.45, 7) is 11.2. The quantitative estimate of drug-likeness (QED) is 0.896. The van der Waals surface area contributed by atoms with Crippen LogP contribution < -0.4 is 0 Å². The van der Waals surface area contributed by atoms with Crippen molar-refractivity contribution in [2.75, 3.05) is 13.1 Å². The Kier molecular flexibility index (Phi) is 4.43. The second kappa shape index (κ2) is 5.92. The van der Waals surface area contributed by atoms with Crippen LogP contribution in [0.4, 0.5) is 4.39 Å². The van der Waals surface area contributed by atoms with Crippen molar-refractivity contribution in [2.45, 2.75) is 46.3 Å².